The van der Waals surface area contributed by atoms with Gasteiger partial charge in [-0.05, 0) is 70.7 Å². The fourth-order valence-corrected chi connectivity index (χ4v) is 3.88. The average molecular weight is 396 g/mol. The Balaban J connectivity index is 1.79. The Morgan fingerprint density at radius 3 is 2.10 bits per heavy atom. The number of pyridine rings is 1. The molecule has 0 unspecified atom stereocenters. The first-order valence-corrected chi connectivity index (χ1v) is 10.5. The van der Waals surface area contributed by atoms with E-state index in [1.807, 2.05) is 0 Å². The SMILES string of the molecule is Cc1cc2cc(-c3cccc(-c4ccc(C(C)(C)C)cc4)c3)nc(CO)c2cc1C. The fraction of sp³-hybridized carbons (Fsp3) is 0.250. The summed E-state index contributed by atoms with van der Waals surface area (Å²) in [7, 11) is 0. The van der Waals surface area contributed by atoms with E-state index in [4.69, 9.17) is 4.98 Å². The maximum atomic E-state index is 9.93. The lowest BCUT2D eigenvalue weighted by molar-refractivity contribution is 0.278. The zero-order valence-electron chi connectivity index (χ0n) is 18.5. The van der Waals surface area contributed by atoms with Gasteiger partial charge in [-0.25, -0.2) is 4.98 Å². The third-order valence-electron chi connectivity index (χ3n) is 5.92. The molecule has 2 heteroatoms. The first kappa shape index (κ1) is 20.3. The predicted molar refractivity (Wildman–Crippen MR) is 127 cm³/mol. The standard InChI is InChI=1S/C28H29NO/c1-18-13-23-16-26(29-27(17-30)25(23)14-19(18)2)22-8-6-7-21(15-22)20-9-11-24(12-10-20)28(3,4)5/h6-16,30H,17H2,1-5H3. The van der Waals surface area contributed by atoms with Crippen LogP contribution in [-0.4, -0.2) is 10.1 Å². The molecule has 1 heterocycles. The predicted octanol–water partition coefficient (Wildman–Crippen LogP) is 6.98. The summed E-state index contributed by atoms with van der Waals surface area (Å²) in [5, 5.41) is 12.1. The van der Waals surface area contributed by atoms with Crippen molar-refractivity contribution in [3.63, 3.8) is 0 Å². The molecular formula is C28H29NO. The molecule has 0 aliphatic heterocycles. The van der Waals surface area contributed by atoms with Crippen LogP contribution in [0.5, 0.6) is 0 Å². The molecule has 0 spiro atoms. The second-order valence-corrected chi connectivity index (χ2v) is 9.18. The number of nitrogens with zero attached hydrogens (tertiary/aromatic N) is 1. The molecule has 0 saturated heterocycles. The van der Waals surface area contributed by atoms with Gasteiger partial charge in [0.15, 0.2) is 0 Å². The number of hydrogen-bond acceptors (Lipinski definition) is 2. The smallest absolute Gasteiger partial charge is 0.0859 e. The molecule has 0 fully saturated rings. The van der Waals surface area contributed by atoms with Gasteiger partial charge in [0.1, 0.15) is 0 Å². The molecule has 0 saturated carbocycles. The van der Waals surface area contributed by atoms with Gasteiger partial charge in [-0.1, -0.05) is 69.3 Å². The third-order valence-corrected chi connectivity index (χ3v) is 5.92. The van der Waals surface area contributed by atoms with E-state index in [2.05, 4.69) is 101 Å². The fourth-order valence-electron chi connectivity index (χ4n) is 3.88. The lowest BCUT2D eigenvalue weighted by Crippen LogP contribution is -2.10. The Bertz CT molecular complexity index is 1210. The summed E-state index contributed by atoms with van der Waals surface area (Å²) in [5.41, 5.74) is 8.98. The zero-order chi connectivity index (χ0) is 21.5. The van der Waals surface area contributed by atoms with Crippen molar-refractivity contribution in [3.8, 4) is 22.4 Å². The summed E-state index contributed by atoms with van der Waals surface area (Å²) >= 11 is 0. The Hall–Kier alpha value is -2.97. The van der Waals surface area contributed by atoms with Crippen molar-refractivity contribution in [1.29, 1.82) is 0 Å². The van der Waals surface area contributed by atoms with Crippen LogP contribution in [0.4, 0.5) is 0 Å². The van der Waals surface area contributed by atoms with Gasteiger partial charge in [-0.2, -0.15) is 0 Å². The number of aliphatic hydroxyl groups is 1. The molecule has 0 amide bonds. The molecule has 3 aromatic carbocycles. The van der Waals surface area contributed by atoms with Gasteiger partial charge in [0, 0.05) is 10.9 Å². The molecule has 30 heavy (non-hydrogen) atoms. The third kappa shape index (κ3) is 3.88. The molecule has 152 valence electrons. The first-order valence-electron chi connectivity index (χ1n) is 10.5. The lowest BCUT2D eigenvalue weighted by atomic mass is 9.86. The molecule has 1 N–H and O–H groups in total. The largest absolute Gasteiger partial charge is 0.390 e. The molecule has 0 aliphatic rings. The van der Waals surface area contributed by atoms with E-state index in [9.17, 15) is 5.11 Å². The maximum absolute atomic E-state index is 9.93. The van der Waals surface area contributed by atoms with Gasteiger partial charge >= 0.3 is 0 Å². The van der Waals surface area contributed by atoms with Gasteiger partial charge < -0.3 is 5.11 Å². The van der Waals surface area contributed by atoms with E-state index in [-0.39, 0.29) is 12.0 Å². The highest BCUT2D eigenvalue weighted by molar-refractivity contribution is 5.89. The van der Waals surface area contributed by atoms with Crippen molar-refractivity contribution in [3.05, 3.63) is 89.1 Å². The Labute approximate surface area is 179 Å². The number of fused-ring (bicyclic) bond motifs is 1. The molecule has 2 nitrogen and oxygen atoms in total. The van der Waals surface area contributed by atoms with E-state index in [0.717, 1.165) is 27.7 Å². The lowest BCUT2D eigenvalue weighted by Gasteiger charge is -2.19. The van der Waals surface area contributed by atoms with Gasteiger partial charge in [-0.3, -0.25) is 0 Å². The van der Waals surface area contributed by atoms with E-state index in [1.54, 1.807) is 0 Å². The summed E-state index contributed by atoms with van der Waals surface area (Å²) in [4.78, 5) is 4.79. The Morgan fingerprint density at radius 2 is 1.43 bits per heavy atom. The summed E-state index contributed by atoms with van der Waals surface area (Å²) in [6, 6.07) is 23.7. The van der Waals surface area contributed by atoms with Crippen molar-refractivity contribution in [1.82, 2.24) is 4.98 Å². The molecule has 1 aromatic heterocycles. The summed E-state index contributed by atoms with van der Waals surface area (Å²) < 4.78 is 0. The molecular weight excluding hydrogens is 366 g/mol. The van der Waals surface area contributed by atoms with Crippen LogP contribution >= 0.6 is 0 Å². The van der Waals surface area contributed by atoms with Crippen LogP contribution in [0.1, 0.15) is 43.2 Å². The summed E-state index contributed by atoms with van der Waals surface area (Å²) in [6.07, 6.45) is 0. The number of rotatable bonds is 3. The molecule has 4 aromatic rings. The summed E-state index contributed by atoms with van der Waals surface area (Å²) in [6.45, 7) is 10.8. The quantitative estimate of drug-likeness (QED) is 0.406. The van der Waals surface area contributed by atoms with Gasteiger partial charge in [0.2, 0.25) is 0 Å². The number of benzene rings is 3. The summed E-state index contributed by atoms with van der Waals surface area (Å²) in [5.74, 6) is 0. The van der Waals surface area contributed by atoms with Crippen LogP contribution in [0.25, 0.3) is 33.2 Å². The van der Waals surface area contributed by atoms with E-state index < -0.39 is 0 Å². The molecule has 4 rings (SSSR count). The zero-order valence-corrected chi connectivity index (χ0v) is 18.5. The minimum Gasteiger partial charge on any atom is -0.390 e. The van der Waals surface area contributed by atoms with Gasteiger partial charge in [-0.15, -0.1) is 0 Å². The van der Waals surface area contributed by atoms with E-state index >= 15 is 0 Å². The second kappa shape index (κ2) is 7.70. The second-order valence-electron chi connectivity index (χ2n) is 9.18. The molecule has 0 bridgehead atoms. The van der Waals surface area contributed by atoms with E-state index in [1.165, 1.54) is 27.8 Å². The molecule has 0 radical (unpaired) electrons. The Kier molecular flexibility index (Phi) is 5.21. The highest BCUT2D eigenvalue weighted by Crippen LogP contribution is 2.31. The topological polar surface area (TPSA) is 33.1 Å². The number of aryl methyl sites for hydroxylation is 2. The molecule has 0 atom stereocenters. The monoisotopic (exact) mass is 395 g/mol. The van der Waals surface area contributed by atoms with Crippen molar-refractivity contribution < 1.29 is 5.11 Å². The Morgan fingerprint density at radius 1 is 0.767 bits per heavy atom. The first-order chi connectivity index (χ1) is 14.3. The van der Waals surface area contributed by atoms with Crippen LogP contribution in [0.2, 0.25) is 0 Å². The number of hydrogen-bond donors (Lipinski definition) is 1. The minimum absolute atomic E-state index is 0.0687. The number of aliphatic hydroxyl groups excluding tert-OH is 1. The van der Waals surface area contributed by atoms with Crippen molar-refractivity contribution in [2.45, 2.75) is 46.6 Å². The van der Waals surface area contributed by atoms with Crippen molar-refractivity contribution in [2.24, 2.45) is 0 Å². The highest BCUT2D eigenvalue weighted by Gasteiger charge is 2.14. The van der Waals surface area contributed by atoms with Gasteiger partial charge in [0.25, 0.3) is 0 Å². The van der Waals surface area contributed by atoms with Crippen LogP contribution in [0.3, 0.4) is 0 Å². The normalized spacial score (nSPS) is 11.8. The number of aromatic nitrogens is 1. The average Bonchev–Trinajstić information content (AvgIpc) is 2.73. The maximum Gasteiger partial charge on any atom is 0.0859 e. The van der Waals surface area contributed by atoms with Crippen molar-refractivity contribution in [2.75, 3.05) is 0 Å². The molecule has 0 aliphatic carbocycles. The van der Waals surface area contributed by atoms with Crippen LogP contribution in [0, 0.1) is 13.8 Å². The minimum atomic E-state index is -0.0687. The van der Waals surface area contributed by atoms with Crippen LogP contribution in [-0.2, 0) is 12.0 Å². The van der Waals surface area contributed by atoms with Crippen LogP contribution in [0.15, 0.2) is 66.7 Å². The highest BCUT2D eigenvalue weighted by atomic mass is 16.3. The van der Waals surface area contributed by atoms with E-state index in [0.29, 0.717) is 0 Å². The van der Waals surface area contributed by atoms with Crippen LogP contribution < -0.4 is 0 Å². The van der Waals surface area contributed by atoms with Crippen molar-refractivity contribution >= 4 is 10.8 Å². The van der Waals surface area contributed by atoms with Gasteiger partial charge in [0.05, 0.1) is 18.0 Å².